The molecule has 0 atom stereocenters. The molecule has 130 valence electrons. The van der Waals surface area contributed by atoms with Gasteiger partial charge >= 0.3 is 0 Å². The molecule has 0 fully saturated rings. The minimum absolute atomic E-state index is 0.0762. The lowest BCUT2D eigenvalue weighted by atomic mass is 10.2. The maximum Gasteiger partial charge on any atom is 0.225 e. The smallest absolute Gasteiger partial charge is 0.225 e. The fraction of sp³-hybridized carbons (Fsp3) is 0.158. The normalized spacial score (nSPS) is 10.3. The summed E-state index contributed by atoms with van der Waals surface area (Å²) in [5.41, 5.74) is 2.26. The lowest BCUT2D eigenvalue weighted by molar-refractivity contribution is -0.115. The molecule has 0 aliphatic heterocycles. The summed E-state index contributed by atoms with van der Waals surface area (Å²) in [6, 6.07) is 18.7. The first-order valence-corrected chi connectivity index (χ1v) is 9.03. The highest BCUT2D eigenvalue weighted by molar-refractivity contribution is 7.99. The summed E-state index contributed by atoms with van der Waals surface area (Å²) in [4.78, 5) is 12.0. The van der Waals surface area contributed by atoms with Crippen LogP contribution in [-0.4, -0.2) is 26.4 Å². The summed E-state index contributed by atoms with van der Waals surface area (Å²) in [5.74, 6) is 1.32. The molecule has 1 N–H and O–H groups in total. The molecule has 0 aliphatic carbocycles. The van der Waals surface area contributed by atoms with Crippen LogP contribution in [0.3, 0.4) is 0 Å². The van der Waals surface area contributed by atoms with Crippen LogP contribution in [0.1, 0.15) is 12.0 Å². The number of benzene rings is 2. The van der Waals surface area contributed by atoms with E-state index < -0.39 is 0 Å². The molecule has 2 aromatic carbocycles. The lowest BCUT2D eigenvalue weighted by Crippen LogP contribution is -2.12. The zero-order valence-electron chi connectivity index (χ0n) is 14.2. The van der Waals surface area contributed by atoms with E-state index in [2.05, 4.69) is 15.5 Å². The van der Waals surface area contributed by atoms with Crippen LogP contribution in [0.5, 0.6) is 0 Å². The second kappa shape index (κ2) is 8.32. The van der Waals surface area contributed by atoms with Gasteiger partial charge in [-0.25, -0.2) is 0 Å². The number of rotatable bonds is 6. The topological polar surface area (TPSA) is 83.6 Å². The molecular weight excluding hydrogens is 346 g/mol. The first kappa shape index (κ1) is 17.7. The van der Waals surface area contributed by atoms with E-state index in [0.29, 0.717) is 23.4 Å². The number of nitriles is 1. The predicted octanol–water partition coefficient (Wildman–Crippen LogP) is 3.47. The molecule has 0 aliphatic rings. The number of thioether (sulfide) groups is 1. The van der Waals surface area contributed by atoms with Crippen molar-refractivity contribution in [3.8, 4) is 17.5 Å². The highest BCUT2D eigenvalue weighted by Gasteiger charge is 2.11. The fourth-order valence-electron chi connectivity index (χ4n) is 2.37. The van der Waals surface area contributed by atoms with Gasteiger partial charge in [-0.15, -0.1) is 10.2 Å². The van der Waals surface area contributed by atoms with Crippen LogP contribution < -0.4 is 5.32 Å². The quantitative estimate of drug-likeness (QED) is 0.678. The average Bonchev–Trinajstić information content (AvgIpc) is 3.04. The van der Waals surface area contributed by atoms with Gasteiger partial charge in [-0.05, 0) is 24.3 Å². The average molecular weight is 363 g/mol. The van der Waals surface area contributed by atoms with Crippen molar-refractivity contribution in [2.75, 3.05) is 11.1 Å². The Hall–Kier alpha value is -3.11. The zero-order chi connectivity index (χ0) is 18.4. The molecule has 1 aromatic heterocycles. The van der Waals surface area contributed by atoms with E-state index in [4.69, 9.17) is 5.26 Å². The van der Waals surface area contributed by atoms with E-state index in [1.165, 1.54) is 11.8 Å². The number of nitrogens with one attached hydrogen (secondary N) is 1. The highest BCUT2D eigenvalue weighted by Crippen LogP contribution is 2.22. The Morgan fingerprint density at radius 1 is 1.15 bits per heavy atom. The van der Waals surface area contributed by atoms with E-state index in [0.717, 1.165) is 16.5 Å². The molecule has 0 saturated heterocycles. The summed E-state index contributed by atoms with van der Waals surface area (Å²) in [6.07, 6.45) is 0.359. The van der Waals surface area contributed by atoms with Crippen LogP contribution in [0, 0.1) is 11.3 Å². The van der Waals surface area contributed by atoms with Crippen molar-refractivity contribution in [3.63, 3.8) is 0 Å². The van der Waals surface area contributed by atoms with E-state index >= 15 is 0 Å². The molecule has 1 heterocycles. The molecule has 6 nitrogen and oxygen atoms in total. The van der Waals surface area contributed by atoms with E-state index in [9.17, 15) is 4.79 Å². The number of hydrogen-bond donors (Lipinski definition) is 1. The monoisotopic (exact) mass is 363 g/mol. The number of amides is 1. The number of hydrogen-bond acceptors (Lipinski definition) is 5. The van der Waals surface area contributed by atoms with Gasteiger partial charge in [0.2, 0.25) is 5.91 Å². The van der Waals surface area contributed by atoms with Gasteiger partial charge in [-0.1, -0.05) is 42.1 Å². The Kier molecular flexibility index (Phi) is 5.66. The zero-order valence-corrected chi connectivity index (χ0v) is 15.0. The molecule has 0 saturated carbocycles. The number of carbonyl (C=O) groups excluding carboxylic acids is 1. The SMILES string of the molecule is Cn1c(SCCC(=O)Nc2ccc(C#N)cc2)nnc1-c1ccccc1. The van der Waals surface area contributed by atoms with Gasteiger partial charge in [0.15, 0.2) is 11.0 Å². The van der Waals surface area contributed by atoms with Crippen molar-refractivity contribution in [1.82, 2.24) is 14.8 Å². The Morgan fingerprint density at radius 3 is 2.58 bits per heavy atom. The molecule has 0 bridgehead atoms. The van der Waals surface area contributed by atoms with Crippen molar-refractivity contribution >= 4 is 23.4 Å². The van der Waals surface area contributed by atoms with Gasteiger partial charge in [0.05, 0.1) is 11.6 Å². The van der Waals surface area contributed by atoms with Gasteiger partial charge in [-0.2, -0.15) is 5.26 Å². The Balaban J connectivity index is 1.52. The van der Waals surface area contributed by atoms with Crippen LogP contribution >= 0.6 is 11.8 Å². The first-order valence-electron chi connectivity index (χ1n) is 8.05. The summed E-state index contributed by atoms with van der Waals surface area (Å²) in [5, 5.41) is 20.8. The van der Waals surface area contributed by atoms with Crippen LogP contribution in [0.2, 0.25) is 0 Å². The molecule has 1 amide bonds. The van der Waals surface area contributed by atoms with Crippen molar-refractivity contribution in [3.05, 3.63) is 60.2 Å². The van der Waals surface area contributed by atoms with Crippen LogP contribution in [0.25, 0.3) is 11.4 Å². The molecule has 26 heavy (non-hydrogen) atoms. The third-order valence-corrected chi connectivity index (χ3v) is 4.75. The molecular formula is C19H17N5OS. The fourth-order valence-corrected chi connectivity index (χ4v) is 3.21. The molecule has 0 unspecified atom stereocenters. The number of aromatic nitrogens is 3. The van der Waals surface area contributed by atoms with Gasteiger partial charge < -0.3 is 9.88 Å². The Labute approximate surface area is 155 Å². The van der Waals surface area contributed by atoms with Crippen molar-refractivity contribution in [2.45, 2.75) is 11.6 Å². The van der Waals surface area contributed by atoms with Crippen LogP contribution in [-0.2, 0) is 11.8 Å². The van der Waals surface area contributed by atoms with E-state index in [1.807, 2.05) is 48.0 Å². The van der Waals surface area contributed by atoms with Crippen molar-refractivity contribution in [2.24, 2.45) is 7.05 Å². The summed E-state index contributed by atoms with van der Waals surface area (Å²) in [7, 11) is 1.92. The second-order valence-electron chi connectivity index (χ2n) is 5.57. The summed E-state index contributed by atoms with van der Waals surface area (Å²) < 4.78 is 1.93. The number of anilines is 1. The molecule has 0 radical (unpaired) electrons. The largest absolute Gasteiger partial charge is 0.326 e. The second-order valence-corrected chi connectivity index (χ2v) is 6.63. The first-order chi connectivity index (χ1) is 12.7. The standard InChI is InChI=1S/C19H17N5OS/c1-24-18(15-5-3-2-4-6-15)22-23-19(24)26-12-11-17(25)21-16-9-7-14(13-20)8-10-16/h2-10H,11-12H2,1H3,(H,21,25). The van der Waals surface area contributed by atoms with Gasteiger partial charge in [0.1, 0.15) is 0 Å². The van der Waals surface area contributed by atoms with Gasteiger partial charge in [0.25, 0.3) is 0 Å². The maximum absolute atomic E-state index is 12.0. The number of carbonyl (C=O) groups is 1. The summed E-state index contributed by atoms with van der Waals surface area (Å²) >= 11 is 1.49. The summed E-state index contributed by atoms with van der Waals surface area (Å²) in [6.45, 7) is 0. The lowest BCUT2D eigenvalue weighted by Gasteiger charge is -2.06. The maximum atomic E-state index is 12.0. The van der Waals surface area contributed by atoms with Crippen LogP contribution in [0.4, 0.5) is 5.69 Å². The predicted molar refractivity (Wildman–Crippen MR) is 102 cm³/mol. The van der Waals surface area contributed by atoms with Crippen molar-refractivity contribution in [1.29, 1.82) is 5.26 Å². The minimum Gasteiger partial charge on any atom is -0.326 e. The third kappa shape index (κ3) is 4.29. The van der Waals surface area contributed by atoms with Crippen LogP contribution in [0.15, 0.2) is 59.8 Å². The van der Waals surface area contributed by atoms with Gasteiger partial charge in [0, 0.05) is 30.5 Å². The van der Waals surface area contributed by atoms with Gasteiger partial charge in [-0.3, -0.25) is 4.79 Å². The van der Waals surface area contributed by atoms with E-state index in [-0.39, 0.29) is 5.91 Å². The highest BCUT2D eigenvalue weighted by atomic mass is 32.2. The Morgan fingerprint density at radius 2 is 1.88 bits per heavy atom. The molecule has 7 heteroatoms. The molecule has 0 spiro atoms. The van der Waals surface area contributed by atoms with Crippen molar-refractivity contribution < 1.29 is 4.79 Å². The molecule has 3 rings (SSSR count). The molecule has 3 aromatic rings. The third-order valence-electron chi connectivity index (χ3n) is 3.72. The number of nitrogens with zero attached hydrogens (tertiary/aromatic N) is 4. The minimum atomic E-state index is -0.0762. The van der Waals surface area contributed by atoms with E-state index in [1.54, 1.807) is 24.3 Å². The Bertz CT molecular complexity index is 929.